The highest BCUT2D eigenvalue weighted by molar-refractivity contribution is 6.27. The van der Waals surface area contributed by atoms with E-state index in [1.807, 2.05) is 41.3 Å². The molecule has 2 aliphatic rings. The molecule has 2 unspecified atom stereocenters. The van der Waals surface area contributed by atoms with Crippen LogP contribution in [0.3, 0.4) is 0 Å². The monoisotopic (exact) mass is 420 g/mol. The smallest absolute Gasteiger partial charge is 0.179 e. The Hall–Kier alpha value is -3.39. The second-order valence-electron chi connectivity index (χ2n) is 7.76. The molecular formula is C23H24N4O4. The maximum absolute atomic E-state index is 13.9. The van der Waals surface area contributed by atoms with E-state index in [9.17, 15) is 4.79 Å². The average Bonchev–Trinajstić information content (AvgIpc) is 3.50. The van der Waals surface area contributed by atoms with Crippen molar-refractivity contribution < 1.29 is 19.0 Å². The summed E-state index contributed by atoms with van der Waals surface area (Å²) in [6, 6.07) is 13.3. The van der Waals surface area contributed by atoms with E-state index >= 15 is 0 Å². The lowest BCUT2D eigenvalue weighted by Crippen LogP contribution is -2.50. The van der Waals surface area contributed by atoms with Crippen LogP contribution in [0.25, 0.3) is 11.0 Å². The van der Waals surface area contributed by atoms with Crippen molar-refractivity contribution in [3.63, 3.8) is 0 Å². The maximum Gasteiger partial charge on any atom is 0.179 e. The molecule has 2 aromatic carbocycles. The lowest BCUT2D eigenvalue weighted by molar-refractivity contribution is -0.122. The minimum absolute atomic E-state index is 0.0337. The van der Waals surface area contributed by atoms with Crippen LogP contribution < -0.4 is 14.4 Å². The molecule has 1 spiro atoms. The summed E-state index contributed by atoms with van der Waals surface area (Å²) < 4.78 is 16.7. The Morgan fingerprint density at radius 1 is 1.19 bits per heavy atom. The Labute approximate surface area is 179 Å². The summed E-state index contributed by atoms with van der Waals surface area (Å²) in [6.07, 6.45) is 0.571. The van der Waals surface area contributed by atoms with Gasteiger partial charge in [0.15, 0.2) is 5.78 Å². The molecule has 8 heteroatoms. The minimum atomic E-state index is -0.851. The number of amidine groups is 1. The number of Topliss-reactive ketones (excluding diaryl/α,β-unsaturated/α-hetero) is 1. The molecule has 0 radical (unpaired) electrons. The number of benzene rings is 2. The van der Waals surface area contributed by atoms with Gasteiger partial charge in [0.25, 0.3) is 0 Å². The summed E-state index contributed by atoms with van der Waals surface area (Å²) in [4.78, 5) is 28.6. The summed E-state index contributed by atoms with van der Waals surface area (Å²) in [6.45, 7) is 0.800. The summed E-state index contributed by atoms with van der Waals surface area (Å²) in [5, 5.41) is 0. The highest BCUT2D eigenvalue weighted by Crippen LogP contribution is 2.46. The molecule has 2 atom stereocenters. The Bertz CT molecular complexity index is 1120. The first-order chi connectivity index (χ1) is 15.1. The zero-order valence-electron chi connectivity index (χ0n) is 17.7. The number of anilines is 1. The van der Waals surface area contributed by atoms with E-state index in [0.29, 0.717) is 42.8 Å². The molecule has 3 heterocycles. The van der Waals surface area contributed by atoms with Crippen molar-refractivity contribution in [2.45, 2.75) is 17.9 Å². The van der Waals surface area contributed by atoms with Crippen LogP contribution in [0.1, 0.15) is 18.2 Å². The number of H-pyrrole nitrogens is 1. The van der Waals surface area contributed by atoms with Gasteiger partial charge in [-0.05, 0) is 12.1 Å². The molecule has 160 valence electrons. The van der Waals surface area contributed by atoms with Gasteiger partial charge in [-0.1, -0.05) is 12.1 Å². The van der Waals surface area contributed by atoms with Gasteiger partial charge in [-0.2, -0.15) is 0 Å². The predicted molar refractivity (Wildman–Crippen MR) is 117 cm³/mol. The molecule has 0 aliphatic carbocycles. The molecule has 2 aliphatic heterocycles. The Morgan fingerprint density at radius 3 is 2.55 bits per heavy atom. The number of methoxy groups -OCH3 is 2. The normalized spacial score (nSPS) is 24.6. The van der Waals surface area contributed by atoms with Crippen LogP contribution in [0, 0.1) is 0 Å². The highest BCUT2D eigenvalue weighted by atomic mass is 16.5. The van der Waals surface area contributed by atoms with Gasteiger partial charge in [0.05, 0.1) is 37.5 Å². The number of carbonyl (C=O) groups excluding carboxylic acids is 1. The molecule has 2 saturated heterocycles. The third kappa shape index (κ3) is 2.90. The number of hydrogen-bond donors (Lipinski definition) is 1. The number of carbonyl (C=O) groups is 1. The van der Waals surface area contributed by atoms with Crippen molar-refractivity contribution in [1.29, 1.82) is 0 Å². The zero-order valence-corrected chi connectivity index (χ0v) is 17.7. The number of nitrogens with one attached hydrogen (secondary N) is 1. The SMILES string of the molecule is CN=C1C(c2nc3ccccc3[nH]2)C(=O)C2(CCOC2)N1c1cc(OC)cc(OC)c1. The van der Waals surface area contributed by atoms with Crippen molar-refractivity contribution in [2.24, 2.45) is 4.99 Å². The van der Waals surface area contributed by atoms with E-state index in [4.69, 9.17) is 19.2 Å². The summed E-state index contributed by atoms with van der Waals surface area (Å²) >= 11 is 0. The van der Waals surface area contributed by atoms with Gasteiger partial charge in [0, 0.05) is 38.3 Å². The number of imidazole rings is 1. The van der Waals surface area contributed by atoms with Crippen LogP contribution in [0.4, 0.5) is 5.69 Å². The summed E-state index contributed by atoms with van der Waals surface area (Å²) in [5.74, 6) is 1.92. The van der Waals surface area contributed by atoms with Gasteiger partial charge in [-0.25, -0.2) is 4.98 Å². The molecular weight excluding hydrogens is 396 g/mol. The molecule has 1 aromatic heterocycles. The van der Waals surface area contributed by atoms with Crippen LogP contribution in [-0.2, 0) is 9.53 Å². The largest absolute Gasteiger partial charge is 0.497 e. The number of hydrogen-bond acceptors (Lipinski definition) is 6. The van der Waals surface area contributed by atoms with E-state index in [-0.39, 0.29) is 5.78 Å². The summed E-state index contributed by atoms with van der Waals surface area (Å²) in [5.41, 5.74) is 1.63. The topological polar surface area (TPSA) is 89.0 Å². The number of aromatic amines is 1. The molecule has 31 heavy (non-hydrogen) atoms. The minimum Gasteiger partial charge on any atom is -0.497 e. The van der Waals surface area contributed by atoms with Crippen molar-refractivity contribution in [3.05, 3.63) is 48.3 Å². The first kappa shape index (κ1) is 19.6. The van der Waals surface area contributed by atoms with Crippen LogP contribution in [0.5, 0.6) is 11.5 Å². The third-order valence-electron chi connectivity index (χ3n) is 6.14. The first-order valence-corrected chi connectivity index (χ1v) is 10.2. The van der Waals surface area contributed by atoms with Gasteiger partial charge < -0.3 is 24.1 Å². The quantitative estimate of drug-likeness (QED) is 0.698. The summed E-state index contributed by atoms with van der Waals surface area (Å²) in [7, 11) is 4.92. The average molecular weight is 420 g/mol. The number of ketones is 1. The Kier molecular flexibility index (Phi) is 4.66. The van der Waals surface area contributed by atoms with E-state index in [1.54, 1.807) is 27.3 Å². The molecule has 0 saturated carbocycles. The molecule has 3 aromatic rings. The van der Waals surface area contributed by atoms with Crippen molar-refractivity contribution >= 4 is 28.3 Å². The van der Waals surface area contributed by atoms with Crippen molar-refractivity contribution in [2.75, 3.05) is 39.4 Å². The van der Waals surface area contributed by atoms with Crippen LogP contribution in [0.15, 0.2) is 47.5 Å². The number of nitrogens with zero attached hydrogens (tertiary/aromatic N) is 3. The third-order valence-corrected chi connectivity index (χ3v) is 6.14. The number of aromatic nitrogens is 2. The molecule has 0 bridgehead atoms. The Morgan fingerprint density at radius 2 is 1.94 bits per heavy atom. The fourth-order valence-electron chi connectivity index (χ4n) is 4.66. The molecule has 8 nitrogen and oxygen atoms in total. The number of para-hydroxylation sites is 2. The number of fused-ring (bicyclic) bond motifs is 1. The van der Waals surface area contributed by atoms with E-state index in [1.165, 1.54) is 0 Å². The van der Waals surface area contributed by atoms with E-state index in [2.05, 4.69) is 9.98 Å². The fraction of sp³-hybridized carbons (Fsp3) is 0.348. The fourth-order valence-corrected chi connectivity index (χ4v) is 4.66. The second-order valence-corrected chi connectivity index (χ2v) is 7.76. The zero-order chi connectivity index (χ0) is 21.6. The standard InChI is InChI=1S/C23H24N4O4/c1-24-22-19(21-25-17-6-4-5-7-18(17)26-21)20(28)23(8-9-31-13-23)27(22)14-10-15(29-2)12-16(11-14)30-3/h4-7,10-12,19H,8-9,13H2,1-3H3,(H,25,26). The van der Waals surface area contributed by atoms with Crippen molar-refractivity contribution in [1.82, 2.24) is 9.97 Å². The van der Waals surface area contributed by atoms with Crippen LogP contribution >= 0.6 is 0 Å². The molecule has 1 N–H and O–H groups in total. The second kappa shape index (κ2) is 7.39. The van der Waals surface area contributed by atoms with Crippen LogP contribution in [0.2, 0.25) is 0 Å². The highest BCUT2D eigenvalue weighted by Gasteiger charge is 2.60. The number of aliphatic imine (C=N–C) groups is 1. The van der Waals surface area contributed by atoms with Gasteiger partial charge >= 0.3 is 0 Å². The van der Waals surface area contributed by atoms with Crippen LogP contribution in [-0.4, -0.2) is 61.6 Å². The number of rotatable bonds is 4. The van der Waals surface area contributed by atoms with E-state index in [0.717, 1.165) is 16.7 Å². The maximum atomic E-state index is 13.9. The Balaban J connectivity index is 1.69. The molecule has 2 fully saturated rings. The number of ether oxygens (including phenoxy) is 3. The lowest BCUT2D eigenvalue weighted by atomic mass is 9.89. The first-order valence-electron chi connectivity index (χ1n) is 10.2. The van der Waals surface area contributed by atoms with Gasteiger partial charge in [-0.3, -0.25) is 9.79 Å². The van der Waals surface area contributed by atoms with Crippen molar-refractivity contribution in [3.8, 4) is 11.5 Å². The van der Waals surface area contributed by atoms with E-state index < -0.39 is 11.5 Å². The van der Waals surface area contributed by atoms with Gasteiger partial charge in [-0.15, -0.1) is 0 Å². The van der Waals surface area contributed by atoms with Gasteiger partial charge in [0.2, 0.25) is 0 Å². The molecule has 0 amide bonds. The van der Waals surface area contributed by atoms with Gasteiger partial charge in [0.1, 0.15) is 34.6 Å². The molecule has 5 rings (SSSR count). The lowest BCUT2D eigenvalue weighted by Gasteiger charge is -2.34. The predicted octanol–water partition coefficient (Wildman–Crippen LogP) is 2.94.